The van der Waals surface area contributed by atoms with Crippen LogP contribution in [0.5, 0.6) is 5.75 Å². The third kappa shape index (κ3) is 4.63. The van der Waals surface area contributed by atoms with Gasteiger partial charge in [0.25, 0.3) is 0 Å². The number of hydrogen-bond donors (Lipinski definition) is 1. The molecule has 0 radical (unpaired) electrons. The highest BCUT2D eigenvalue weighted by Gasteiger charge is 2.29. The molecule has 3 aromatic rings. The van der Waals surface area contributed by atoms with Crippen LogP contribution in [0.4, 0.5) is 10.1 Å². The van der Waals surface area contributed by atoms with Gasteiger partial charge in [-0.05, 0) is 60.7 Å². The van der Waals surface area contributed by atoms with Gasteiger partial charge in [0.1, 0.15) is 11.6 Å². The smallest absolute Gasteiger partial charge is 0.341 e. The highest BCUT2D eigenvalue weighted by atomic mass is 32.2. The molecule has 0 aliphatic heterocycles. The summed E-state index contributed by atoms with van der Waals surface area (Å²) in [6.07, 6.45) is 3.43. The molecule has 0 bridgehead atoms. The second-order valence-electron chi connectivity index (χ2n) is 7.37. The summed E-state index contributed by atoms with van der Waals surface area (Å²) in [5.41, 5.74) is 3.09. The fraction of sp³-hybridized carbons (Fsp3) is 0.217. The number of hydrogen-bond acceptors (Lipinski definition) is 5. The van der Waals surface area contributed by atoms with Crippen molar-refractivity contribution in [2.75, 3.05) is 10.9 Å². The van der Waals surface area contributed by atoms with E-state index in [2.05, 4.69) is 4.98 Å². The lowest BCUT2D eigenvalue weighted by Crippen LogP contribution is -2.33. The average molecular weight is 455 g/mol. The van der Waals surface area contributed by atoms with E-state index < -0.39 is 29.9 Å². The van der Waals surface area contributed by atoms with Crippen LogP contribution in [0.1, 0.15) is 30.0 Å². The summed E-state index contributed by atoms with van der Waals surface area (Å²) < 4.78 is 44.7. The Kier molecular flexibility index (Phi) is 6.48. The van der Waals surface area contributed by atoms with Crippen LogP contribution in [0, 0.1) is 5.82 Å². The summed E-state index contributed by atoms with van der Waals surface area (Å²) in [7, 11) is 0. The van der Waals surface area contributed by atoms with E-state index in [-0.39, 0.29) is 5.82 Å². The topological polar surface area (TPSA) is 103 Å². The molecule has 166 valence electrons. The number of anilines is 1. The molecular formula is C23H20FN2O5S-. The minimum Gasteiger partial charge on any atom is -0.755 e. The molecule has 7 nitrogen and oxygen atoms in total. The lowest BCUT2D eigenvalue weighted by atomic mass is 9.87. The first-order valence-corrected chi connectivity index (χ1v) is 11.0. The Morgan fingerprint density at radius 2 is 2.06 bits per heavy atom. The second-order valence-corrected chi connectivity index (χ2v) is 8.20. The molecule has 1 aliphatic carbocycles. The van der Waals surface area contributed by atoms with Crippen molar-refractivity contribution in [2.24, 2.45) is 0 Å². The highest BCUT2D eigenvalue weighted by molar-refractivity contribution is 7.80. The van der Waals surface area contributed by atoms with Crippen molar-refractivity contribution < 1.29 is 27.8 Å². The van der Waals surface area contributed by atoms with Crippen LogP contribution in [0.2, 0.25) is 0 Å². The Morgan fingerprint density at radius 1 is 1.25 bits per heavy atom. The SMILES string of the molecule is O=C(O)COc1cccc2c1CCCC2N(c1ccc(-c2cccc(F)c2)nc1)S(=O)[O-]. The Morgan fingerprint density at radius 3 is 2.75 bits per heavy atom. The lowest BCUT2D eigenvalue weighted by molar-refractivity contribution is -0.139. The monoisotopic (exact) mass is 455 g/mol. The van der Waals surface area contributed by atoms with Gasteiger partial charge in [-0.2, -0.15) is 0 Å². The first-order valence-electron chi connectivity index (χ1n) is 10.0. The van der Waals surface area contributed by atoms with Gasteiger partial charge < -0.3 is 14.4 Å². The molecule has 1 heterocycles. The number of pyridine rings is 1. The van der Waals surface area contributed by atoms with E-state index in [1.807, 2.05) is 6.07 Å². The molecule has 2 unspecified atom stereocenters. The number of nitrogens with zero attached hydrogens (tertiary/aromatic N) is 2. The number of aromatic nitrogens is 1. The summed E-state index contributed by atoms with van der Waals surface area (Å²) in [5, 5.41) is 8.92. The minimum absolute atomic E-state index is 0.379. The molecule has 0 amide bonds. The standard InChI is InChI=1S/C23H21FN2O5S/c24-16-5-1-4-15(12-16)20-11-10-17(13-25-20)26(32(29)30)21-8-2-7-19-18(21)6-3-9-22(19)31-14-23(27)28/h1,3-6,9-13,21H,2,7-8,14H2,(H,27,28)(H,29,30)/p-1. The first-order chi connectivity index (χ1) is 15.4. The quantitative estimate of drug-likeness (QED) is 0.540. The third-order valence-electron chi connectivity index (χ3n) is 5.35. The van der Waals surface area contributed by atoms with Gasteiger partial charge in [-0.25, -0.2) is 9.18 Å². The largest absolute Gasteiger partial charge is 0.755 e. The fourth-order valence-corrected chi connectivity index (χ4v) is 4.72. The number of carboxylic acid groups (broad SMARTS) is 1. The van der Waals surface area contributed by atoms with Crippen molar-refractivity contribution in [3.05, 3.63) is 77.7 Å². The molecule has 1 aliphatic rings. The van der Waals surface area contributed by atoms with Crippen LogP contribution in [0.3, 0.4) is 0 Å². The number of rotatable bonds is 7. The van der Waals surface area contributed by atoms with Gasteiger partial charge in [-0.15, -0.1) is 0 Å². The lowest BCUT2D eigenvalue weighted by Gasteiger charge is -2.38. The van der Waals surface area contributed by atoms with Crippen molar-refractivity contribution in [3.63, 3.8) is 0 Å². The fourth-order valence-electron chi connectivity index (χ4n) is 4.01. The Balaban J connectivity index is 1.67. The summed E-state index contributed by atoms with van der Waals surface area (Å²) in [6, 6.07) is 14.1. The number of halogens is 1. The van der Waals surface area contributed by atoms with Gasteiger partial charge in [-0.1, -0.05) is 24.3 Å². The van der Waals surface area contributed by atoms with E-state index in [4.69, 9.17) is 9.84 Å². The van der Waals surface area contributed by atoms with Gasteiger partial charge >= 0.3 is 5.97 Å². The van der Waals surface area contributed by atoms with Gasteiger partial charge in [0.2, 0.25) is 0 Å². The van der Waals surface area contributed by atoms with Gasteiger partial charge in [-0.3, -0.25) is 13.5 Å². The van der Waals surface area contributed by atoms with Crippen molar-refractivity contribution in [1.82, 2.24) is 4.98 Å². The molecule has 1 aromatic heterocycles. The molecule has 9 heteroatoms. The summed E-state index contributed by atoms with van der Waals surface area (Å²) in [4.78, 5) is 15.2. The maximum Gasteiger partial charge on any atom is 0.341 e. The van der Waals surface area contributed by atoms with Crippen LogP contribution < -0.4 is 9.04 Å². The molecule has 2 atom stereocenters. The van der Waals surface area contributed by atoms with E-state index in [0.717, 1.165) is 11.1 Å². The van der Waals surface area contributed by atoms with Crippen LogP contribution in [0.15, 0.2) is 60.8 Å². The number of aliphatic carboxylic acids is 1. The molecule has 0 saturated carbocycles. The van der Waals surface area contributed by atoms with Crippen LogP contribution in [-0.4, -0.2) is 31.4 Å². The van der Waals surface area contributed by atoms with Crippen molar-refractivity contribution in [1.29, 1.82) is 0 Å². The van der Waals surface area contributed by atoms with Gasteiger partial charge in [0, 0.05) is 16.8 Å². The number of fused-ring (bicyclic) bond motifs is 1. The van der Waals surface area contributed by atoms with E-state index >= 15 is 0 Å². The molecule has 0 spiro atoms. The Bertz CT molecular complexity index is 1160. The average Bonchev–Trinajstić information content (AvgIpc) is 2.78. The third-order valence-corrected chi connectivity index (χ3v) is 6.14. The number of carbonyl (C=O) groups is 1. The van der Waals surface area contributed by atoms with Crippen LogP contribution in [0.25, 0.3) is 11.3 Å². The summed E-state index contributed by atoms with van der Waals surface area (Å²) in [6.45, 7) is -0.468. The molecule has 0 saturated heterocycles. The Hall–Kier alpha value is -3.30. The summed E-state index contributed by atoms with van der Waals surface area (Å²) >= 11 is -2.58. The minimum atomic E-state index is -2.58. The van der Waals surface area contributed by atoms with E-state index in [9.17, 15) is 17.9 Å². The molecule has 2 aromatic carbocycles. The number of benzene rings is 2. The normalized spacial score (nSPS) is 16.1. The van der Waals surface area contributed by atoms with E-state index in [1.165, 1.54) is 22.6 Å². The first kappa shape index (κ1) is 21.9. The zero-order chi connectivity index (χ0) is 22.7. The van der Waals surface area contributed by atoms with Crippen molar-refractivity contribution >= 4 is 22.9 Å². The molecular weight excluding hydrogens is 435 g/mol. The second kappa shape index (κ2) is 9.46. The maximum absolute atomic E-state index is 13.5. The zero-order valence-corrected chi connectivity index (χ0v) is 17.8. The predicted octanol–water partition coefficient (Wildman–Crippen LogP) is 4.03. The zero-order valence-electron chi connectivity index (χ0n) is 16.9. The van der Waals surface area contributed by atoms with Crippen molar-refractivity contribution in [3.8, 4) is 17.0 Å². The van der Waals surface area contributed by atoms with E-state index in [0.29, 0.717) is 42.0 Å². The van der Waals surface area contributed by atoms with Gasteiger partial charge in [0.15, 0.2) is 6.61 Å². The van der Waals surface area contributed by atoms with Crippen LogP contribution >= 0.6 is 0 Å². The van der Waals surface area contributed by atoms with Crippen molar-refractivity contribution in [2.45, 2.75) is 25.3 Å². The Labute approximate surface area is 186 Å². The predicted molar refractivity (Wildman–Crippen MR) is 116 cm³/mol. The highest BCUT2D eigenvalue weighted by Crippen LogP contribution is 2.41. The number of carboxylic acids is 1. The summed E-state index contributed by atoms with van der Waals surface area (Å²) in [5.74, 6) is -1.01. The number of ether oxygens (including phenoxy) is 1. The van der Waals surface area contributed by atoms with Crippen LogP contribution in [-0.2, 0) is 22.5 Å². The molecule has 4 rings (SSSR count). The molecule has 32 heavy (non-hydrogen) atoms. The molecule has 1 N–H and O–H groups in total. The molecule has 0 fully saturated rings. The maximum atomic E-state index is 13.5. The van der Waals surface area contributed by atoms with E-state index in [1.54, 1.807) is 36.4 Å². The van der Waals surface area contributed by atoms with Gasteiger partial charge in [0.05, 0.1) is 23.6 Å².